The molecule has 3 fully saturated rings. The fourth-order valence-electron chi connectivity index (χ4n) is 5.43. The van der Waals surface area contributed by atoms with Gasteiger partial charge in [-0.2, -0.15) is 5.10 Å². The summed E-state index contributed by atoms with van der Waals surface area (Å²) in [7, 11) is 0. The summed E-state index contributed by atoms with van der Waals surface area (Å²) in [6.07, 6.45) is 6.44. The van der Waals surface area contributed by atoms with E-state index in [1.165, 1.54) is 0 Å². The normalized spacial score (nSPS) is 27.4. The molecular formula is C22H27FN4O2. The number of aromatic amines is 1. The number of fused-ring (bicyclic) bond motifs is 1. The van der Waals surface area contributed by atoms with Gasteiger partial charge in [0.1, 0.15) is 5.82 Å². The van der Waals surface area contributed by atoms with Gasteiger partial charge in [-0.15, -0.1) is 0 Å². The van der Waals surface area contributed by atoms with E-state index in [4.69, 9.17) is 0 Å². The van der Waals surface area contributed by atoms with Crippen LogP contribution in [0.1, 0.15) is 25.7 Å². The van der Waals surface area contributed by atoms with Gasteiger partial charge in [0, 0.05) is 43.9 Å². The number of aromatic nitrogens is 2. The molecule has 3 atom stereocenters. The predicted molar refractivity (Wildman–Crippen MR) is 108 cm³/mol. The largest absolute Gasteiger partial charge is 0.393 e. The number of aliphatic hydroxyl groups is 1. The van der Waals surface area contributed by atoms with Crippen molar-refractivity contribution in [1.82, 2.24) is 15.1 Å². The average Bonchev–Trinajstić information content (AvgIpc) is 3.44. The third kappa shape index (κ3) is 3.52. The van der Waals surface area contributed by atoms with Crippen LogP contribution in [0.3, 0.4) is 0 Å². The third-order valence-electron chi connectivity index (χ3n) is 7.00. The van der Waals surface area contributed by atoms with Crippen molar-refractivity contribution in [3.63, 3.8) is 0 Å². The van der Waals surface area contributed by atoms with Gasteiger partial charge in [0.15, 0.2) is 0 Å². The van der Waals surface area contributed by atoms with Crippen molar-refractivity contribution in [1.29, 1.82) is 0 Å². The lowest BCUT2D eigenvalue weighted by Gasteiger charge is -2.35. The van der Waals surface area contributed by atoms with Gasteiger partial charge in [-0.1, -0.05) is 6.07 Å². The van der Waals surface area contributed by atoms with Crippen molar-refractivity contribution in [2.24, 2.45) is 17.8 Å². The molecule has 29 heavy (non-hydrogen) atoms. The minimum absolute atomic E-state index is 0.0308. The van der Waals surface area contributed by atoms with Gasteiger partial charge in [-0.25, -0.2) is 4.39 Å². The van der Waals surface area contributed by atoms with E-state index >= 15 is 0 Å². The van der Waals surface area contributed by atoms with Crippen LogP contribution in [0.4, 0.5) is 10.1 Å². The van der Waals surface area contributed by atoms with Crippen molar-refractivity contribution in [3.8, 4) is 11.1 Å². The number of hydrogen-bond donors (Lipinski definition) is 2. The molecule has 0 radical (unpaired) electrons. The van der Waals surface area contributed by atoms with Crippen molar-refractivity contribution < 1.29 is 14.3 Å². The maximum Gasteiger partial charge on any atom is 0.225 e. The lowest BCUT2D eigenvalue weighted by atomic mass is 9.94. The van der Waals surface area contributed by atoms with Gasteiger partial charge >= 0.3 is 0 Å². The minimum atomic E-state index is -0.237. The predicted octanol–water partition coefficient (Wildman–Crippen LogP) is 2.66. The van der Waals surface area contributed by atoms with Gasteiger partial charge in [0.25, 0.3) is 0 Å². The Kier molecular flexibility index (Phi) is 4.78. The number of carbonyl (C=O) groups excluding carboxylic acids is 1. The number of benzene rings is 1. The molecule has 2 aliphatic heterocycles. The van der Waals surface area contributed by atoms with E-state index in [0.29, 0.717) is 30.6 Å². The molecule has 5 rings (SSSR count). The molecule has 1 amide bonds. The van der Waals surface area contributed by atoms with E-state index in [9.17, 15) is 14.3 Å². The van der Waals surface area contributed by atoms with Crippen molar-refractivity contribution >= 4 is 11.6 Å². The molecule has 3 aliphatic rings. The summed E-state index contributed by atoms with van der Waals surface area (Å²) in [5.41, 5.74) is 2.27. The quantitative estimate of drug-likeness (QED) is 0.834. The highest BCUT2D eigenvalue weighted by molar-refractivity contribution is 5.79. The molecule has 3 heterocycles. The Bertz CT molecular complexity index is 865. The highest BCUT2D eigenvalue weighted by Crippen LogP contribution is 2.39. The van der Waals surface area contributed by atoms with Crippen LogP contribution >= 0.6 is 0 Å². The third-order valence-corrected chi connectivity index (χ3v) is 7.00. The van der Waals surface area contributed by atoms with Crippen molar-refractivity contribution in [3.05, 3.63) is 36.4 Å². The number of nitrogens with zero attached hydrogens (tertiary/aromatic N) is 3. The number of piperidine rings is 1. The molecule has 1 unspecified atom stereocenters. The Balaban J connectivity index is 1.19. The second-order valence-electron chi connectivity index (χ2n) is 8.80. The van der Waals surface area contributed by atoms with Gasteiger partial charge in [0.2, 0.25) is 5.91 Å². The van der Waals surface area contributed by atoms with E-state index in [1.807, 2.05) is 21.9 Å². The van der Waals surface area contributed by atoms with Crippen LogP contribution in [0.2, 0.25) is 0 Å². The summed E-state index contributed by atoms with van der Waals surface area (Å²) in [4.78, 5) is 17.0. The molecular weight excluding hydrogens is 371 g/mol. The Morgan fingerprint density at radius 3 is 2.48 bits per heavy atom. The number of anilines is 1. The molecule has 2 aromatic rings. The number of nitrogens with one attached hydrogen (secondary N) is 1. The maximum absolute atomic E-state index is 14.7. The first-order chi connectivity index (χ1) is 14.1. The van der Waals surface area contributed by atoms with Gasteiger partial charge in [0.05, 0.1) is 18.0 Å². The number of H-pyrrole nitrogens is 1. The van der Waals surface area contributed by atoms with E-state index in [1.54, 1.807) is 18.5 Å². The molecule has 2 saturated heterocycles. The van der Waals surface area contributed by atoms with E-state index in [2.05, 4.69) is 10.2 Å². The second-order valence-corrected chi connectivity index (χ2v) is 8.80. The van der Waals surface area contributed by atoms with Crippen LogP contribution in [-0.4, -0.2) is 58.4 Å². The standard InChI is InChI=1S/C22H27FN4O2/c23-20-9-15(18-10-24-25-11-18)1-2-21(20)26-5-3-14(4-6-26)22(29)27-12-16-7-19(28)8-17(16)13-27/h1-2,9-11,14,16-17,19,28H,3-8,12-13H2,(H,24,25)/t16-,17+,19?. The molecule has 0 spiro atoms. The van der Waals surface area contributed by atoms with Crippen LogP contribution in [0.5, 0.6) is 0 Å². The summed E-state index contributed by atoms with van der Waals surface area (Å²) in [5.74, 6) is 0.987. The summed E-state index contributed by atoms with van der Waals surface area (Å²) in [6, 6.07) is 5.29. The van der Waals surface area contributed by atoms with Crippen molar-refractivity contribution in [2.75, 3.05) is 31.1 Å². The van der Waals surface area contributed by atoms with Crippen LogP contribution in [0, 0.1) is 23.6 Å². The van der Waals surface area contributed by atoms with Crippen LogP contribution < -0.4 is 4.90 Å². The first-order valence-corrected chi connectivity index (χ1v) is 10.6. The average molecular weight is 398 g/mol. The highest BCUT2D eigenvalue weighted by Gasteiger charge is 2.43. The summed E-state index contributed by atoms with van der Waals surface area (Å²) in [5, 5.41) is 16.5. The summed E-state index contributed by atoms with van der Waals surface area (Å²) in [6.45, 7) is 2.98. The number of likely N-dealkylation sites (tertiary alicyclic amines) is 1. The van der Waals surface area contributed by atoms with Gasteiger partial charge < -0.3 is 14.9 Å². The van der Waals surface area contributed by atoms with Gasteiger partial charge in [-0.05, 0) is 55.2 Å². The number of aliphatic hydroxyl groups excluding tert-OH is 1. The fourth-order valence-corrected chi connectivity index (χ4v) is 5.43. The molecule has 7 heteroatoms. The molecule has 1 saturated carbocycles. The SMILES string of the molecule is O=C(C1CCN(c2ccc(-c3cn[nH]c3)cc2F)CC1)N1C[C@H]2CC(O)C[C@H]2C1. The molecule has 1 aliphatic carbocycles. The van der Waals surface area contributed by atoms with Crippen molar-refractivity contribution in [2.45, 2.75) is 31.8 Å². The molecule has 1 aromatic heterocycles. The molecule has 154 valence electrons. The zero-order valence-corrected chi connectivity index (χ0v) is 16.4. The second kappa shape index (κ2) is 7.44. The summed E-state index contributed by atoms with van der Waals surface area (Å²) >= 11 is 0. The fraction of sp³-hybridized carbons (Fsp3) is 0.545. The zero-order chi connectivity index (χ0) is 20.0. The highest BCUT2D eigenvalue weighted by atomic mass is 19.1. The Morgan fingerprint density at radius 2 is 1.86 bits per heavy atom. The lowest BCUT2D eigenvalue weighted by Crippen LogP contribution is -2.42. The first kappa shape index (κ1) is 18.6. The zero-order valence-electron chi connectivity index (χ0n) is 16.4. The lowest BCUT2D eigenvalue weighted by molar-refractivity contribution is -0.135. The molecule has 6 nitrogen and oxygen atoms in total. The number of amides is 1. The number of carbonyl (C=O) groups is 1. The topological polar surface area (TPSA) is 72.5 Å². The van der Waals surface area contributed by atoms with Crippen LogP contribution in [0.25, 0.3) is 11.1 Å². The van der Waals surface area contributed by atoms with Crippen LogP contribution in [0.15, 0.2) is 30.6 Å². The van der Waals surface area contributed by atoms with Gasteiger partial charge in [-0.3, -0.25) is 9.89 Å². The summed E-state index contributed by atoms with van der Waals surface area (Å²) < 4.78 is 14.7. The number of rotatable bonds is 3. The monoisotopic (exact) mass is 398 g/mol. The van der Waals surface area contributed by atoms with E-state index in [-0.39, 0.29) is 23.7 Å². The number of hydrogen-bond acceptors (Lipinski definition) is 4. The molecule has 2 N–H and O–H groups in total. The Morgan fingerprint density at radius 1 is 1.14 bits per heavy atom. The Labute approximate surface area is 169 Å². The molecule has 0 bridgehead atoms. The maximum atomic E-state index is 14.7. The molecule has 1 aromatic carbocycles. The van der Waals surface area contributed by atoms with Crippen LogP contribution in [-0.2, 0) is 4.79 Å². The Hall–Kier alpha value is -2.41. The number of halogens is 1. The first-order valence-electron chi connectivity index (χ1n) is 10.6. The minimum Gasteiger partial charge on any atom is -0.393 e. The van der Waals surface area contributed by atoms with E-state index < -0.39 is 0 Å². The smallest absolute Gasteiger partial charge is 0.225 e. The van der Waals surface area contributed by atoms with E-state index in [0.717, 1.165) is 49.9 Å².